The molecule has 0 atom stereocenters. The van der Waals surface area contributed by atoms with Crippen LogP contribution in [0.4, 0.5) is 0 Å². The summed E-state index contributed by atoms with van der Waals surface area (Å²) in [6.45, 7) is 2.20. The highest BCUT2D eigenvalue weighted by atomic mass is 127. The predicted octanol–water partition coefficient (Wildman–Crippen LogP) is 3.69. The minimum absolute atomic E-state index is 0.0456. The number of aromatic nitrogens is 2. The van der Waals surface area contributed by atoms with Gasteiger partial charge in [-0.25, -0.2) is 0 Å². The van der Waals surface area contributed by atoms with E-state index in [1.165, 1.54) is 4.90 Å². The van der Waals surface area contributed by atoms with Crippen molar-refractivity contribution in [2.24, 2.45) is 0 Å². The molecule has 0 aliphatic carbocycles. The molecular formula is C19H18IN3O3. The Morgan fingerprint density at radius 2 is 1.85 bits per heavy atom. The summed E-state index contributed by atoms with van der Waals surface area (Å²) >= 11 is 2.21. The topological polar surface area (TPSA) is 68.5 Å². The molecule has 0 aliphatic rings. The fraction of sp³-hybridized carbons (Fsp3) is 0.211. The van der Waals surface area contributed by atoms with Crippen molar-refractivity contribution in [3.63, 3.8) is 0 Å². The second kappa shape index (κ2) is 8.31. The van der Waals surface area contributed by atoms with Gasteiger partial charge in [0.05, 0.1) is 6.54 Å². The van der Waals surface area contributed by atoms with E-state index < -0.39 is 0 Å². The van der Waals surface area contributed by atoms with E-state index in [0.717, 1.165) is 14.7 Å². The summed E-state index contributed by atoms with van der Waals surface area (Å²) in [5.41, 5.74) is 2.04. The molecule has 134 valence electrons. The number of aryl methyl sites for hydroxylation is 1. The Morgan fingerprint density at radius 3 is 2.54 bits per heavy atom. The summed E-state index contributed by atoms with van der Waals surface area (Å²) in [6, 6.07) is 15.4. The van der Waals surface area contributed by atoms with Gasteiger partial charge in [-0.05, 0) is 53.8 Å². The molecule has 0 unspecified atom stereocenters. The van der Waals surface area contributed by atoms with Gasteiger partial charge in [0.25, 0.3) is 5.91 Å². The molecule has 0 N–H and O–H groups in total. The largest absolute Gasteiger partial charge is 0.484 e. The summed E-state index contributed by atoms with van der Waals surface area (Å²) in [6.07, 6.45) is 0. The van der Waals surface area contributed by atoms with Crippen molar-refractivity contribution in [2.45, 2.75) is 13.5 Å². The van der Waals surface area contributed by atoms with E-state index in [0.29, 0.717) is 17.5 Å². The van der Waals surface area contributed by atoms with Gasteiger partial charge in [-0.3, -0.25) is 4.79 Å². The first-order valence-corrected chi connectivity index (χ1v) is 9.11. The Bertz CT molecular complexity index is 876. The lowest BCUT2D eigenvalue weighted by Gasteiger charge is -2.15. The number of carbonyl (C=O) groups is 1. The molecule has 7 heteroatoms. The lowest BCUT2D eigenvalue weighted by atomic mass is 10.1. The van der Waals surface area contributed by atoms with Crippen LogP contribution in [0.15, 0.2) is 53.1 Å². The van der Waals surface area contributed by atoms with E-state index in [4.69, 9.17) is 9.26 Å². The molecule has 3 aromatic rings. The Kier molecular flexibility index (Phi) is 5.87. The zero-order chi connectivity index (χ0) is 18.5. The van der Waals surface area contributed by atoms with Crippen LogP contribution in [0.5, 0.6) is 5.75 Å². The molecule has 1 amide bonds. The highest BCUT2D eigenvalue weighted by Crippen LogP contribution is 2.17. The van der Waals surface area contributed by atoms with E-state index in [1.807, 2.05) is 55.5 Å². The monoisotopic (exact) mass is 463 g/mol. The van der Waals surface area contributed by atoms with Crippen LogP contribution in [0, 0.1) is 10.5 Å². The molecule has 0 aliphatic heterocycles. The van der Waals surface area contributed by atoms with Crippen LogP contribution in [0.3, 0.4) is 0 Å². The first-order chi connectivity index (χ1) is 12.5. The van der Waals surface area contributed by atoms with Gasteiger partial charge in [0.2, 0.25) is 11.7 Å². The third-order valence-electron chi connectivity index (χ3n) is 3.75. The van der Waals surface area contributed by atoms with Gasteiger partial charge >= 0.3 is 0 Å². The molecule has 0 radical (unpaired) electrons. The average molecular weight is 463 g/mol. The second-order valence-corrected chi connectivity index (χ2v) is 7.12. The molecule has 0 bridgehead atoms. The minimum atomic E-state index is -0.168. The molecule has 6 nitrogen and oxygen atoms in total. The number of ether oxygens (including phenoxy) is 1. The molecular weight excluding hydrogens is 445 g/mol. The number of benzene rings is 2. The maximum absolute atomic E-state index is 12.2. The third-order valence-corrected chi connectivity index (χ3v) is 4.47. The quantitative estimate of drug-likeness (QED) is 0.522. The van der Waals surface area contributed by atoms with Crippen LogP contribution >= 0.6 is 22.6 Å². The van der Waals surface area contributed by atoms with E-state index in [2.05, 4.69) is 32.7 Å². The van der Waals surface area contributed by atoms with E-state index in [9.17, 15) is 4.79 Å². The summed E-state index contributed by atoms with van der Waals surface area (Å²) < 4.78 is 11.9. The lowest BCUT2D eigenvalue weighted by Crippen LogP contribution is -2.31. The van der Waals surface area contributed by atoms with E-state index in [-0.39, 0.29) is 19.1 Å². The van der Waals surface area contributed by atoms with Crippen molar-refractivity contribution in [3.05, 3.63) is 63.6 Å². The fourth-order valence-electron chi connectivity index (χ4n) is 2.22. The number of halogens is 1. The fourth-order valence-corrected chi connectivity index (χ4v) is 2.58. The second-order valence-electron chi connectivity index (χ2n) is 5.87. The molecule has 0 saturated carbocycles. The third kappa shape index (κ3) is 4.81. The summed E-state index contributed by atoms with van der Waals surface area (Å²) in [4.78, 5) is 18.1. The van der Waals surface area contributed by atoms with Crippen LogP contribution in [0.2, 0.25) is 0 Å². The number of nitrogens with zero attached hydrogens (tertiary/aromatic N) is 3. The van der Waals surface area contributed by atoms with Gasteiger partial charge in [0, 0.05) is 16.2 Å². The van der Waals surface area contributed by atoms with Crippen molar-refractivity contribution in [2.75, 3.05) is 13.7 Å². The normalized spacial score (nSPS) is 10.6. The minimum Gasteiger partial charge on any atom is -0.484 e. The van der Waals surface area contributed by atoms with Gasteiger partial charge in [-0.1, -0.05) is 35.0 Å². The number of rotatable bonds is 6. The highest BCUT2D eigenvalue weighted by molar-refractivity contribution is 14.1. The molecule has 0 saturated heterocycles. The average Bonchev–Trinajstić information content (AvgIpc) is 3.10. The van der Waals surface area contributed by atoms with Crippen LogP contribution in [-0.4, -0.2) is 34.6 Å². The zero-order valence-corrected chi connectivity index (χ0v) is 16.6. The molecule has 1 heterocycles. The number of likely N-dealkylation sites (N-methyl/N-ethyl adjacent to an activating group) is 1. The summed E-state index contributed by atoms with van der Waals surface area (Å²) in [5, 5.41) is 3.97. The first kappa shape index (κ1) is 18.4. The molecule has 1 aromatic heterocycles. The maximum atomic E-state index is 12.2. The van der Waals surface area contributed by atoms with Crippen LogP contribution < -0.4 is 4.74 Å². The zero-order valence-electron chi connectivity index (χ0n) is 14.5. The van der Waals surface area contributed by atoms with Crippen LogP contribution in [0.1, 0.15) is 11.5 Å². The summed E-state index contributed by atoms with van der Waals surface area (Å²) in [5.74, 6) is 1.38. The first-order valence-electron chi connectivity index (χ1n) is 8.03. The van der Waals surface area contributed by atoms with Crippen molar-refractivity contribution < 1.29 is 14.1 Å². The standard InChI is InChI=1S/C19H18IN3O3/c1-13-3-5-14(6-4-13)19-21-17(26-22-19)11-23(2)18(24)12-25-16-9-7-15(20)8-10-16/h3-10H,11-12H2,1-2H3. The summed E-state index contributed by atoms with van der Waals surface area (Å²) in [7, 11) is 1.68. The highest BCUT2D eigenvalue weighted by Gasteiger charge is 2.15. The molecule has 0 fully saturated rings. The van der Waals surface area contributed by atoms with Crippen molar-refractivity contribution in [1.82, 2.24) is 15.0 Å². The Morgan fingerprint density at radius 1 is 1.15 bits per heavy atom. The van der Waals surface area contributed by atoms with Crippen molar-refractivity contribution in [3.8, 4) is 17.1 Å². The number of hydrogen-bond acceptors (Lipinski definition) is 5. The van der Waals surface area contributed by atoms with E-state index in [1.54, 1.807) is 7.05 Å². The lowest BCUT2D eigenvalue weighted by molar-refractivity contribution is -0.132. The molecule has 2 aromatic carbocycles. The number of hydrogen-bond donors (Lipinski definition) is 0. The van der Waals surface area contributed by atoms with E-state index >= 15 is 0 Å². The predicted molar refractivity (Wildman–Crippen MR) is 106 cm³/mol. The van der Waals surface area contributed by atoms with Gasteiger partial charge < -0.3 is 14.2 Å². The van der Waals surface area contributed by atoms with Crippen molar-refractivity contribution in [1.29, 1.82) is 0 Å². The van der Waals surface area contributed by atoms with Crippen LogP contribution in [0.25, 0.3) is 11.4 Å². The van der Waals surface area contributed by atoms with Crippen molar-refractivity contribution >= 4 is 28.5 Å². The maximum Gasteiger partial charge on any atom is 0.260 e. The SMILES string of the molecule is Cc1ccc(-c2noc(CN(C)C(=O)COc3ccc(I)cc3)n2)cc1. The van der Waals surface area contributed by atoms with Gasteiger partial charge in [-0.15, -0.1) is 0 Å². The molecule has 3 rings (SSSR count). The number of amides is 1. The Balaban J connectivity index is 1.55. The molecule has 26 heavy (non-hydrogen) atoms. The van der Waals surface area contributed by atoms with Gasteiger partial charge in [-0.2, -0.15) is 4.98 Å². The van der Waals surface area contributed by atoms with Crippen LogP contribution in [-0.2, 0) is 11.3 Å². The Hall–Kier alpha value is -2.42. The van der Waals surface area contributed by atoms with Gasteiger partial charge in [0.1, 0.15) is 5.75 Å². The smallest absolute Gasteiger partial charge is 0.260 e. The number of carbonyl (C=O) groups excluding carboxylic acids is 1. The molecule has 0 spiro atoms. The van der Waals surface area contributed by atoms with Gasteiger partial charge in [0.15, 0.2) is 6.61 Å². The Labute approximate surface area is 165 Å².